The van der Waals surface area contributed by atoms with Crippen molar-refractivity contribution in [1.29, 1.82) is 0 Å². The molecule has 90 valence electrons. The first-order chi connectivity index (χ1) is 8.29. The summed E-state index contributed by atoms with van der Waals surface area (Å²) in [4.78, 5) is 0. The molecule has 0 fully saturated rings. The molecule has 0 bridgehead atoms. The van der Waals surface area contributed by atoms with E-state index in [1.165, 1.54) is 5.56 Å². The van der Waals surface area contributed by atoms with Gasteiger partial charge in [-0.3, -0.25) is 0 Å². The molecule has 4 nitrogen and oxygen atoms in total. The maximum Gasteiger partial charge on any atom is 0.0827 e. The van der Waals surface area contributed by atoms with Crippen LogP contribution in [-0.4, -0.2) is 21.5 Å². The van der Waals surface area contributed by atoms with Crippen LogP contribution in [0.1, 0.15) is 17.7 Å². The molecule has 1 aromatic carbocycles. The summed E-state index contributed by atoms with van der Waals surface area (Å²) in [7, 11) is 0. The summed E-state index contributed by atoms with van der Waals surface area (Å²) in [5.41, 5.74) is 7.66. The Hall–Kier alpha value is -1.20. The Morgan fingerprint density at radius 3 is 2.88 bits per heavy atom. The number of aryl methyl sites for hydroxylation is 1. The van der Waals surface area contributed by atoms with Crippen LogP contribution >= 0.6 is 15.9 Å². The van der Waals surface area contributed by atoms with E-state index in [1.54, 1.807) is 0 Å². The van der Waals surface area contributed by atoms with Crippen LogP contribution in [0.5, 0.6) is 0 Å². The largest absolute Gasteiger partial charge is 0.330 e. The third-order valence-electron chi connectivity index (χ3n) is 2.51. The average Bonchev–Trinajstić information content (AvgIpc) is 2.77. The van der Waals surface area contributed by atoms with E-state index in [9.17, 15) is 0 Å². The van der Waals surface area contributed by atoms with E-state index in [2.05, 4.69) is 32.3 Å². The molecule has 0 atom stereocenters. The van der Waals surface area contributed by atoms with Gasteiger partial charge >= 0.3 is 0 Å². The van der Waals surface area contributed by atoms with Gasteiger partial charge in [-0.25, -0.2) is 4.68 Å². The van der Waals surface area contributed by atoms with Crippen LogP contribution in [0.25, 0.3) is 0 Å². The Bertz CT molecular complexity index is 481. The highest BCUT2D eigenvalue weighted by Gasteiger charge is 2.03. The van der Waals surface area contributed by atoms with Gasteiger partial charge in [-0.2, -0.15) is 0 Å². The Morgan fingerprint density at radius 1 is 1.29 bits per heavy atom. The molecule has 0 aliphatic heterocycles. The molecule has 0 aliphatic carbocycles. The third kappa shape index (κ3) is 3.38. The molecule has 5 heteroatoms. The lowest BCUT2D eigenvalue weighted by Crippen LogP contribution is -2.01. The molecule has 0 saturated carbocycles. The topological polar surface area (TPSA) is 56.7 Å². The van der Waals surface area contributed by atoms with Crippen LogP contribution in [0.3, 0.4) is 0 Å². The van der Waals surface area contributed by atoms with E-state index in [4.69, 9.17) is 5.73 Å². The van der Waals surface area contributed by atoms with Crippen molar-refractivity contribution in [2.24, 2.45) is 5.73 Å². The second-order valence-electron chi connectivity index (χ2n) is 3.89. The number of nitrogens with two attached hydrogens (primary N) is 1. The molecule has 0 radical (unpaired) electrons. The fourth-order valence-electron chi connectivity index (χ4n) is 1.61. The standard InChI is InChI=1S/C12H15BrN4/c13-12-6-2-1-4-10(12)8-17-9-11(15-16-17)5-3-7-14/h1-2,4,6,9H,3,5,7-8,14H2. The second-order valence-corrected chi connectivity index (χ2v) is 4.75. The molecule has 0 aliphatic rings. The second kappa shape index (κ2) is 5.93. The predicted molar refractivity (Wildman–Crippen MR) is 70.6 cm³/mol. The van der Waals surface area contributed by atoms with E-state index in [-0.39, 0.29) is 0 Å². The van der Waals surface area contributed by atoms with Crippen molar-refractivity contribution in [1.82, 2.24) is 15.0 Å². The number of halogens is 1. The van der Waals surface area contributed by atoms with Crippen molar-refractivity contribution in [3.63, 3.8) is 0 Å². The highest BCUT2D eigenvalue weighted by Crippen LogP contribution is 2.16. The summed E-state index contributed by atoms with van der Waals surface area (Å²) < 4.78 is 2.95. The molecule has 1 aromatic heterocycles. The number of hydrogen-bond donors (Lipinski definition) is 1. The fraction of sp³-hybridized carbons (Fsp3) is 0.333. The quantitative estimate of drug-likeness (QED) is 0.917. The zero-order valence-electron chi connectivity index (χ0n) is 9.51. The highest BCUT2D eigenvalue weighted by atomic mass is 79.9. The van der Waals surface area contributed by atoms with Crippen molar-refractivity contribution < 1.29 is 0 Å². The molecule has 2 rings (SSSR count). The minimum atomic E-state index is 0.692. The van der Waals surface area contributed by atoms with Crippen LogP contribution in [-0.2, 0) is 13.0 Å². The molecule has 2 N–H and O–H groups in total. The van der Waals surface area contributed by atoms with Gasteiger partial charge in [0.05, 0.1) is 12.2 Å². The summed E-state index contributed by atoms with van der Waals surface area (Å²) in [6.07, 6.45) is 3.83. The van der Waals surface area contributed by atoms with Gasteiger partial charge < -0.3 is 5.73 Å². The number of rotatable bonds is 5. The lowest BCUT2D eigenvalue weighted by molar-refractivity contribution is 0.647. The number of aromatic nitrogens is 3. The molecular weight excluding hydrogens is 280 g/mol. The van der Waals surface area contributed by atoms with Crippen molar-refractivity contribution >= 4 is 15.9 Å². The number of hydrogen-bond acceptors (Lipinski definition) is 3. The van der Waals surface area contributed by atoms with E-state index in [0.717, 1.165) is 29.6 Å². The average molecular weight is 295 g/mol. The zero-order valence-corrected chi connectivity index (χ0v) is 11.1. The summed E-state index contributed by atoms with van der Waals surface area (Å²) in [6, 6.07) is 8.13. The fourth-order valence-corrected chi connectivity index (χ4v) is 2.02. The maximum absolute atomic E-state index is 5.47. The summed E-state index contributed by atoms with van der Waals surface area (Å²) >= 11 is 3.52. The van der Waals surface area contributed by atoms with Crippen LogP contribution < -0.4 is 5.73 Å². The Balaban J connectivity index is 2.04. The van der Waals surface area contributed by atoms with Gasteiger partial charge in [0.15, 0.2) is 0 Å². The van der Waals surface area contributed by atoms with E-state index in [0.29, 0.717) is 6.54 Å². The SMILES string of the molecule is NCCCc1cn(Cc2ccccc2Br)nn1. The van der Waals surface area contributed by atoms with Gasteiger partial charge in [0.2, 0.25) is 0 Å². The lowest BCUT2D eigenvalue weighted by atomic mass is 10.2. The Morgan fingerprint density at radius 2 is 2.12 bits per heavy atom. The van der Waals surface area contributed by atoms with Crippen LogP contribution in [0.2, 0.25) is 0 Å². The minimum Gasteiger partial charge on any atom is -0.330 e. The van der Waals surface area contributed by atoms with Gasteiger partial charge in [0.25, 0.3) is 0 Å². The maximum atomic E-state index is 5.47. The Kier molecular flexibility index (Phi) is 4.28. The molecule has 0 unspecified atom stereocenters. The molecule has 0 amide bonds. The lowest BCUT2D eigenvalue weighted by Gasteiger charge is -2.02. The van der Waals surface area contributed by atoms with Gasteiger partial charge in [0, 0.05) is 10.7 Å². The first-order valence-corrected chi connectivity index (χ1v) is 6.41. The van der Waals surface area contributed by atoms with Gasteiger partial charge in [-0.15, -0.1) is 5.10 Å². The molecular formula is C12H15BrN4. The highest BCUT2D eigenvalue weighted by molar-refractivity contribution is 9.10. The molecule has 2 aromatic rings. The van der Waals surface area contributed by atoms with Crippen molar-refractivity contribution in [3.05, 3.63) is 46.2 Å². The molecule has 0 spiro atoms. The van der Waals surface area contributed by atoms with Crippen molar-refractivity contribution in [2.45, 2.75) is 19.4 Å². The molecule has 0 saturated heterocycles. The summed E-state index contributed by atoms with van der Waals surface area (Å²) in [5.74, 6) is 0. The smallest absolute Gasteiger partial charge is 0.0827 e. The number of nitrogens with zero attached hydrogens (tertiary/aromatic N) is 3. The summed E-state index contributed by atoms with van der Waals surface area (Å²) in [5, 5.41) is 8.23. The van der Waals surface area contributed by atoms with Crippen molar-refractivity contribution in [2.75, 3.05) is 6.54 Å². The van der Waals surface area contributed by atoms with Crippen LogP contribution in [0.15, 0.2) is 34.9 Å². The monoisotopic (exact) mass is 294 g/mol. The first kappa shape index (κ1) is 12.3. The summed E-state index contributed by atoms with van der Waals surface area (Å²) in [6.45, 7) is 1.42. The van der Waals surface area contributed by atoms with E-state index < -0.39 is 0 Å². The number of benzene rings is 1. The van der Waals surface area contributed by atoms with E-state index in [1.807, 2.05) is 29.1 Å². The normalized spacial score (nSPS) is 10.7. The Labute approximate surface area is 109 Å². The minimum absolute atomic E-state index is 0.692. The van der Waals surface area contributed by atoms with Gasteiger partial charge in [-0.05, 0) is 31.0 Å². The zero-order chi connectivity index (χ0) is 12.1. The molecule has 1 heterocycles. The van der Waals surface area contributed by atoms with Crippen LogP contribution in [0, 0.1) is 0 Å². The first-order valence-electron chi connectivity index (χ1n) is 5.62. The predicted octanol–water partition coefficient (Wildman–Crippen LogP) is 1.98. The van der Waals surface area contributed by atoms with Gasteiger partial charge in [0.1, 0.15) is 0 Å². The van der Waals surface area contributed by atoms with E-state index >= 15 is 0 Å². The van der Waals surface area contributed by atoms with Crippen molar-refractivity contribution in [3.8, 4) is 0 Å². The van der Waals surface area contributed by atoms with Gasteiger partial charge in [-0.1, -0.05) is 39.3 Å². The third-order valence-corrected chi connectivity index (χ3v) is 3.29. The molecule has 17 heavy (non-hydrogen) atoms. The van der Waals surface area contributed by atoms with Crippen LogP contribution in [0.4, 0.5) is 0 Å².